The number of ketones is 3. The third-order valence-electron chi connectivity index (χ3n) is 7.37. The number of rotatable bonds is 26. The highest BCUT2D eigenvalue weighted by Gasteiger charge is 2.62. The van der Waals surface area contributed by atoms with Crippen LogP contribution in [-0.2, 0) is 14.4 Å². The van der Waals surface area contributed by atoms with Gasteiger partial charge in [-0.2, -0.15) is 0 Å². The number of hydrogen-bond donors (Lipinski definition) is 3. The van der Waals surface area contributed by atoms with Crippen molar-refractivity contribution in [3.63, 3.8) is 0 Å². The predicted molar refractivity (Wildman–Crippen MR) is 146 cm³/mol. The van der Waals surface area contributed by atoms with Gasteiger partial charge in [0.2, 0.25) is 5.60 Å². The van der Waals surface area contributed by atoms with Crippen LogP contribution >= 0.6 is 0 Å². The van der Waals surface area contributed by atoms with Crippen LogP contribution in [0.4, 0.5) is 0 Å². The number of aliphatic hydroxyl groups excluding tert-OH is 1. The van der Waals surface area contributed by atoms with Gasteiger partial charge < -0.3 is 15.3 Å². The van der Waals surface area contributed by atoms with E-state index in [2.05, 4.69) is 20.8 Å². The van der Waals surface area contributed by atoms with E-state index in [4.69, 9.17) is 0 Å². The van der Waals surface area contributed by atoms with Crippen molar-refractivity contribution >= 4 is 17.3 Å². The summed E-state index contributed by atoms with van der Waals surface area (Å²) in [6.45, 7) is 5.22. The van der Waals surface area contributed by atoms with Crippen LogP contribution < -0.4 is 0 Å². The molecule has 0 aliphatic rings. The molecule has 0 bridgehead atoms. The van der Waals surface area contributed by atoms with Crippen molar-refractivity contribution < 1.29 is 29.7 Å². The molecule has 6 heteroatoms. The number of Topliss-reactive ketones (excluding diaryl/α,β-unsaturated/α-hetero) is 3. The Labute approximate surface area is 220 Å². The Morgan fingerprint density at radius 1 is 0.472 bits per heavy atom. The van der Waals surface area contributed by atoms with Gasteiger partial charge in [-0.3, -0.25) is 14.4 Å². The average molecular weight is 513 g/mol. The number of hydrogen-bond acceptors (Lipinski definition) is 6. The fraction of sp³-hybridized carbons (Fsp3) is 0.900. The van der Waals surface area contributed by atoms with E-state index >= 15 is 0 Å². The third kappa shape index (κ3) is 12.0. The van der Waals surface area contributed by atoms with E-state index in [-0.39, 0.29) is 19.3 Å². The van der Waals surface area contributed by atoms with Crippen molar-refractivity contribution in [1.29, 1.82) is 0 Å². The summed E-state index contributed by atoms with van der Waals surface area (Å²) in [4.78, 5) is 39.5. The zero-order valence-corrected chi connectivity index (χ0v) is 23.6. The molecule has 6 nitrogen and oxygen atoms in total. The maximum Gasteiger partial charge on any atom is 0.219 e. The standard InChI is InChI=1S/C30H56O6/c1-4-7-10-13-16-19-22-26(32)29(35,25-31)30(36,27(33)23-20-17-14-11-8-5-2)28(34)24-21-18-15-12-9-6-3/h31,35-36H,4-25H2,1-3H3/t29-/m1/s1. The lowest BCUT2D eigenvalue weighted by Crippen LogP contribution is -2.69. The van der Waals surface area contributed by atoms with Gasteiger partial charge in [-0.05, 0) is 19.3 Å². The molecule has 0 aliphatic heterocycles. The lowest BCUT2D eigenvalue weighted by Gasteiger charge is -2.39. The molecule has 0 spiro atoms. The van der Waals surface area contributed by atoms with Crippen LogP contribution in [0.5, 0.6) is 0 Å². The molecule has 0 aliphatic carbocycles. The van der Waals surface area contributed by atoms with Crippen LogP contribution in [0.15, 0.2) is 0 Å². The summed E-state index contributed by atoms with van der Waals surface area (Å²) in [7, 11) is 0. The third-order valence-corrected chi connectivity index (χ3v) is 7.37. The Morgan fingerprint density at radius 3 is 1.06 bits per heavy atom. The summed E-state index contributed by atoms with van der Waals surface area (Å²) in [6, 6.07) is 0. The first-order valence-electron chi connectivity index (χ1n) is 14.9. The highest BCUT2D eigenvalue weighted by Crippen LogP contribution is 2.32. The Kier molecular flexibility index (Phi) is 20.2. The highest BCUT2D eigenvalue weighted by molar-refractivity contribution is 6.16. The Morgan fingerprint density at radius 2 is 0.750 bits per heavy atom. The lowest BCUT2D eigenvalue weighted by atomic mass is 9.71. The molecule has 0 saturated heterocycles. The van der Waals surface area contributed by atoms with Gasteiger partial charge in [0.1, 0.15) is 0 Å². The topological polar surface area (TPSA) is 112 Å². The molecule has 212 valence electrons. The monoisotopic (exact) mass is 512 g/mol. The van der Waals surface area contributed by atoms with Crippen LogP contribution in [0.1, 0.15) is 156 Å². The zero-order valence-electron chi connectivity index (χ0n) is 23.6. The van der Waals surface area contributed by atoms with E-state index in [1.165, 1.54) is 0 Å². The molecule has 0 rings (SSSR count). The van der Waals surface area contributed by atoms with Gasteiger partial charge in [-0.15, -0.1) is 0 Å². The molecule has 0 amide bonds. The summed E-state index contributed by atoms with van der Waals surface area (Å²) in [5, 5.41) is 32.8. The molecule has 0 aromatic carbocycles. The molecule has 0 heterocycles. The van der Waals surface area contributed by atoms with Crippen molar-refractivity contribution in [3.05, 3.63) is 0 Å². The number of aliphatic hydroxyl groups is 3. The highest BCUT2D eigenvalue weighted by atomic mass is 16.4. The van der Waals surface area contributed by atoms with E-state index < -0.39 is 35.2 Å². The Balaban J connectivity index is 5.38. The maximum atomic E-state index is 13.2. The lowest BCUT2D eigenvalue weighted by molar-refractivity contribution is -0.194. The first kappa shape index (κ1) is 34.9. The fourth-order valence-corrected chi connectivity index (χ4v) is 4.79. The van der Waals surface area contributed by atoms with Crippen molar-refractivity contribution in [2.24, 2.45) is 0 Å². The minimum atomic E-state index is -2.89. The van der Waals surface area contributed by atoms with Crippen LogP contribution in [-0.4, -0.2) is 50.5 Å². The van der Waals surface area contributed by atoms with Crippen LogP contribution in [0.2, 0.25) is 0 Å². The first-order valence-corrected chi connectivity index (χ1v) is 14.9. The average Bonchev–Trinajstić information content (AvgIpc) is 2.88. The second kappa shape index (κ2) is 20.9. The predicted octanol–water partition coefficient (Wildman–Crippen LogP) is 6.40. The second-order valence-corrected chi connectivity index (χ2v) is 10.6. The van der Waals surface area contributed by atoms with E-state index in [9.17, 15) is 29.7 Å². The van der Waals surface area contributed by atoms with Crippen molar-refractivity contribution in [1.82, 2.24) is 0 Å². The first-order chi connectivity index (χ1) is 17.3. The molecule has 1 atom stereocenters. The maximum absolute atomic E-state index is 13.2. The SMILES string of the molecule is CCCCCCCCC(=O)C(O)(C(=O)CCCCCCCC)[C@@](O)(CO)C(=O)CCCCCCCC. The summed E-state index contributed by atoms with van der Waals surface area (Å²) < 4.78 is 0. The van der Waals surface area contributed by atoms with Crippen molar-refractivity contribution in [2.75, 3.05) is 6.61 Å². The van der Waals surface area contributed by atoms with Crippen molar-refractivity contribution in [2.45, 2.75) is 167 Å². The zero-order chi connectivity index (χ0) is 27.3. The van der Waals surface area contributed by atoms with E-state index in [0.29, 0.717) is 19.3 Å². The molecule has 0 radical (unpaired) electrons. The summed E-state index contributed by atoms with van der Waals surface area (Å²) in [5.41, 5.74) is -5.69. The molecule has 0 saturated carbocycles. The number of carbonyl (C=O) groups excluding carboxylic acids is 3. The normalized spacial score (nSPS) is 13.5. The van der Waals surface area contributed by atoms with Gasteiger partial charge >= 0.3 is 0 Å². The van der Waals surface area contributed by atoms with Crippen molar-refractivity contribution in [3.8, 4) is 0 Å². The number of carbonyl (C=O) groups is 3. The largest absolute Gasteiger partial charge is 0.393 e. The summed E-state index contributed by atoms with van der Waals surface area (Å²) in [6.07, 6.45) is 16.2. The molecule has 3 N–H and O–H groups in total. The fourth-order valence-electron chi connectivity index (χ4n) is 4.79. The second-order valence-electron chi connectivity index (χ2n) is 10.6. The van der Waals surface area contributed by atoms with E-state index in [1.54, 1.807) is 0 Å². The van der Waals surface area contributed by atoms with Gasteiger partial charge in [0.25, 0.3) is 0 Å². The molecular weight excluding hydrogens is 456 g/mol. The molecule has 0 fully saturated rings. The van der Waals surface area contributed by atoms with Crippen LogP contribution in [0, 0.1) is 0 Å². The molecular formula is C30H56O6. The Hall–Kier alpha value is -1.11. The molecule has 36 heavy (non-hydrogen) atoms. The van der Waals surface area contributed by atoms with Gasteiger partial charge in [0.05, 0.1) is 6.61 Å². The van der Waals surface area contributed by atoms with Gasteiger partial charge in [0, 0.05) is 19.3 Å². The summed E-state index contributed by atoms with van der Waals surface area (Å²) >= 11 is 0. The minimum Gasteiger partial charge on any atom is -0.393 e. The molecule has 0 aromatic heterocycles. The van der Waals surface area contributed by atoms with E-state index in [1.807, 2.05) is 0 Å². The van der Waals surface area contributed by atoms with Crippen LogP contribution in [0.25, 0.3) is 0 Å². The van der Waals surface area contributed by atoms with Crippen LogP contribution in [0.3, 0.4) is 0 Å². The smallest absolute Gasteiger partial charge is 0.219 e. The minimum absolute atomic E-state index is 0.0832. The molecule has 0 unspecified atom stereocenters. The van der Waals surface area contributed by atoms with Gasteiger partial charge in [-0.1, -0.05) is 117 Å². The van der Waals surface area contributed by atoms with Gasteiger partial charge in [-0.25, -0.2) is 0 Å². The molecule has 0 aromatic rings. The van der Waals surface area contributed by atoms with Gasteiger partial charge in [0.15, 0.2) is 23.0 Å². The summed E-state index contributed by atoms with van der Waals surface area (Å²) in [5.74, 6) is -2.51. The Bertz CT molecular complexity index is 574. The van der Waals surface area contributed by atoms with E-state index in [0.717, 1.165) is 96.3 Å². The quantitative estimate of drug-likeness (QED) is 0.0913. The number of unbranched alkanes of at least 4 members (excludes halogenated alkanes) is 15.